The molecule has 5 nitrogen and oxygen atoms in total. The Kier molecular flexibility index (Phi) is 7.55. The zero-order valence-electron chi connectivity index (χ0n) is 14.7. The molecule has 0 aliphatic carbocycles. The van der Waals surface area contributed by atoms with Crippen LogP contribution in [0, 0.1) is 5.41 Å². The number of amides is 1. The minimum atomic E-state index is -3.54. The first-order valence-electron chi connectivity index (χ1n) is 7.93. The van der Waals surface area contributed by atoms with Gasteiger partial charge in [0.15, 0.2) is 0 Å². The standard InChI is InChI=1S/C17H26ClNO4S/c1-5-6-11-19(16(20)17(2,3)13-18)12-14-7-9-15(10-8-14)23-24(4,21)22/h7-10H,5-6,11-13H2,1-4H3. The summed E-state index contributed by atoms with van der Waals surface area (Å²) in [5.74, 6) is 0.534. The van der Waals surface area contributed by atoms with Gasteiger partial charge in [-0.15, -0.1) is 11.6 Å². The smallest absolute Gasteiger partial charge is 0.306 e. The van der Waals surface area contributed by atoms with Crippen molar-refractivity contribution in [3.8, 4) is 5.75 Å². The third-order valence-corrected chi connectivity index (χ3v) is 4.69. The molecule has 0 aliphatic heterocycles. The Hall–Kier alpha value is -1.27. The molecule has 1 aromatic rings. The summed E-state index contributed by atoms with van der Waals surface area (Å²) < 4.78 is 27.1. The van der Waals surface area contributed by atoms with Crippen LogP contribution in [0.2, 0.25) is 0 Å². The second-order valence-corrected chi connectivity index (χ2v) is 8.37. The number of halogens is 1. The first-order valence-corrected chi connectivity index (χ1v) is 10.3. The Morgan fingerprint density at radius 1 is 1.25 bits per heavy atom. The number of alkyl halides is 1. The zero-order chi connectivity index (χ0) is 18.4. The van der Waals surface area contributed by atoms with E-state index in [0.717, 1.165) is 24.7 Å². The lowest BCUT2D eigenvalue weighted by atomic mass is 9.94. The molecule has 0 saturated carbocycles. The van der Waals surface area contributed by atoms with E-state index in [4.69, 9.17) is 15.8 Å². The number of rotatable bonds is 9. The van der Waals surface area contributed by atoms with Gasteiger partial charge in [0.2, 0.25) is 5.91 Å². The first-order chi connectivity index (χ1) is 11.1. The number of carbonyl (C=O) groups is 1. The maximum Gasteiger partial charge on any atom is 0.306 e. The molecule has 0 radical (unpaired) electrons. The molecule has 0 spiro atoms. The molecule has 0 heterocycles. The van der Waals surface area contributed by atoms with Gasteiger partial charge < -0.3 is 9.08 Å². The molecule has 0 aliphatic rings. The zero-order valence-corrected chi connectivity index (χ0v) is 16.3. The fourth-order valence-electron chi connectivity index (χ4n) is 2.13. The van der Waals surface area contributed by atoms with Gasteiger partial charge >= 0.3 is 10.1 Å². The SMILES string of the molecule is CCCCN(Cc1ccc(OS(C)(=O)=O)cc1)C(=O)C(C)(C)CCl. The molecule has 1 rings (SSSR count). The highest BCUT2D eigenvalue weighted by atomic mass is 35.5. The molecule has 0 unspecified atom stereocenters. The molecule has 0 aromatic heterocycles. The minimum absolute atomic E-state index is 0.0161. The van der Waals surface area contributed by atoms with E-state index >= 15 is 0 Å². The number of unbranched alkanes of at least 4 members (excludes halogenated alkanes) is 1. The third kappa shape index (κ3) is 6.69. The fraction of sp³-hybridized carbons (Fsp3) is 0.588. The normalized spacial score (nSPS) is 12.0. The summed E-state index contributed by atoms with van der Waals surface area (Å²) in [5.41, 5.74) is 0.292. The van der Waals surface area contributed by atoms with Crippen molar-refractivity contribution in [2.24, 2.45) is 5.41 Å². The summed E-state index contributed by atoms with van der Waals surface area (Å²) in [7, 11) is -3.54. The molecule has 1 aromatic carbocycles. The highest BCUT2D eigenvalue weighted by Crippen LogP contribution is 2.23. The van der Waals surface area contributed by atoms with E-state index in [9.17, 15) is 13.2 Å². The Balaban J connectivity index is 2.88. The Morgan fingerprint density at radius 3 is 2.29 bits per heavy atom. The van der Waals surface area contributed by atoms with Gasteiger partial charge in [0.05, 0.1) is 11.7 Å². The third-order valence-electron chi connectivity index (χ3n) is 3.53. The van der Waals surface area contributed by atoms with Crippen LogP contribution in [0.3, 0.4) is 0 Å². The van der Waals surface area contributed by atoms with Crippen LogP contribution in [-0.2, 0) is 21.5 Å². The van der Waals surface area contributed by atoms with Gasteiger partial charge in [-0.25, -0.2) is 0 Å². The van der Waals surface area contributed by atoms with Crippen LogP contribution in [0.1, 0.15) is 39.2 Å². The van der Waals surface area contributed by atoms with Crippen molar-refractivity contribution in [2.75, 3.05) is 18.7 Å². The number of hydrogen-bond donors (Lipinski definition) is 0. The molecular formula is C17H26ClNO4S. The lowest BCUT2D eigenvalue weighted by Crippen LogP contribution is -2.42. The van der Waals surface area contributed by atoms with Crippen LogP contribution >= 0.6 is 11.6 Å². The van der Waals surface area contributed by atoms with Gasteiger partial charge in [-0.05, 0) is 38.0 Å². The molecule has 24 heavy (non-hydrogen) atoms. The van der Waals surface area contributed by atoms with E-state index in [1.165, 1.54) is 0 Å². The van der Waals surface area contributed by atoms with Crippen molar-refractivity contribution < 1.29 is 17.4 Å². The number of hydrogen-bond acceptors (Lipinski definition) is 4. The lowest BCUT2D eigenvalue weighted by Gasteiger charge is -2.31. The predicted octanol–water partition coefficient (Wildman–Crippen LogP) is 3.42. The fourth-order valence-corrected chi connectivity index (χ4v) is 2.71. The van der Waals surface area contributed by atoms with Crippen LogP contribution in [0.15, 0.2) is 24.3 Å². The molecular weight excluding hydrogens is 350 g/mol. The lowest BCUT2D eigenvalue weighted by molar-refractivity contribution is -0.140. The van der Waals surface area contributed by atoms with Gasteiger partial charge in [0.25, 0.3) is 0 Å². The van der Waals surface area contributed by atoms with E-state index in [2.05, 4.69) is 6.92 Å². The van der Waals surface area contributed by atoms with Crippen molar-refractivity contribution in [1.29, 1.82) is 0 Å². The van der Waals surface area contributed by atoms with E-state index in [-0.39, 0.29) is 17.5 Å². The van der Waals surface area contributed by atoms with Crippen molar-refractivity contribution in [1.82, 2.24) is 4.90 Å². The molecule has 0 N–H and O–H groups in total. The summed E-state index contributed by atoms with van der Waals surface area (Å²) >= 11 is 5.93. The predicted molar refractivity (Wildman–Crippen MR) is 96.7 cm³/mol. The van der Waals surface area contributed by atoms with Gasteiger partial charge in [-0.3, -0.25) is 4.79 Å². The maximum absolute atomic E-state index is 12.7. The van der Waals surface area contributed by atoms with Gasteiger partial charge in [-0.2, -0.15) is 8.42 Å². The van der Waals surface area contributed by atoms with Crippen LogP contribution in [0.4, 0.5) is 0 Å². The number of carbonyl (C=O) groups excluding carboxylic acids is 1. The van der Waals surface area contributed by atoms with Crippen molar-refractivity contribution >= 4 is 27.6 Å². The molecule has 7 heteroatoms. The molecule has 136 valence electrons. The first kappa shape index (κ1) is 20.8. The van der Waals surface area contributed by atoms with Crippen LogP contribution in [0.25, 0.3) is 0 Å². The highest BCUT2D eigenvalue weighted by molar-refractivity contribution is 7.86. The quantitative estimate of drug-likeness (QED) is 0.490. The van der Waals surface area contributed by atoms with Gasteiger partial charge in [0.1, 0.15) is 5.75 Å². The van der Waals surface area contributed by atoms with Crippen molar-refractivity contribution in [3.63, 3.8) is 0 Å². The minimum Gasteiger partial charge on any atom is -0.383 e. The topological polar surface area (TPSA) is 63.7 Å². The maximum atomic E-state index is 12.7. The van der Waals surface area contributed by atoms with Gasteiger partial charge in [0, 0.05) is 19.0 Å². The van der Waals surface area contributed by atoms with Crippen LogP contribution < -0.4 is 4.18 Å². The summed E-state index contributed by atoms with van der Waals surface area (Å²) in [6.45, 7) is 6.87. The molecule has 0 atom stereocenters. The monoisotopic (exact) mass is 375 g/mol. The van der Waals surface area contributed by atoms with Crippen LogP contribution in [0.5, 0.6) is 5.75 Å². The molecule has 1 amide bonds. The Bertz CT molecular complexity index is 641. The summed E-state index contributed by atoms with van der Waals surface area (Å²) in [5, 5.41) is 0. The number of benzene rings is 1. The van der Waals surface area contributed by atoms with E-state index in [1.807, 2.05) is 13.8 Å². The van der Waals surface area contributed by atoms with E-state index in [1.54, 1.807) is 29.2 Å². The van der Waals surface area contributed by atoms with E-state index in [0.29, 0.717) is 13.1 Å². The van der Waals surface area contributed by atoms with Gasteiger partial charge in [-0.1, -0.05) is 25.5 Å². The number of nitrogens with zero attached hydrogens (tertiary/aromatic N) is 1. The van der Waals surface area contributed by atoms with Crippen molar-refractivity contribution in [3.05, 3.63) is 29.8 Å². The highest BCUT2D eigenvalue weighted by Gasteiger charge is 2.31. The molecule has 0 saturated heterocycles. The van der Waals surface area contributed by atoms with Crippen molar-refractivity contribution in [2.45, 2.75) is 40.2 Å². The average Bonchev–Trinajstić information content (AvgIpc) is 2.51. The van der Waals surface area contributed by atoms with E-state index < -0.39 is 15.5 Å². The second-order valence-electron chi connectivity index (χ2n) is 6.53. The molecule has 0 bridgehead atoms. The Labute approximate surface area is 150 Å². The largest absolute Gasteiger partial charge is 0.383 e. The summed E-state index contributed by atoms with van der Waals surface area (Å²) in [4.78, 5) is 14.5. The van der Waals surface area contributed by atoms with Crippen LogP contribution in [-0.4, -0.2) is 37.9 Å². The Morgan fingerprint density at radius 2 is 1.83 bits per heavy atom. The molecule has 0 fully saturated rings. The second kappa shape index (κ2) is 8.72. The average molecular weight is 376 g/mol. The summed E-state index contributed by atoms with van der Waals surface area (Å²) in [6.07, 6.45) is 2.91. The summed E-state index contributed by atoms with van der Waals surface area (Å²) in [6, 6.07) is 6.71.